The molecule has 0 radical (unpaired) electrons. The monoisotopic (exact) mass is 412 g/mol. The smallest absolute Gasteiger partial charge is 0.251 e. The Morgan fingerprint density at radius 2 is 2.00 bits per heavy atom. The molecule has 0 unspecified atom stereocenters. The van der Waals surface area contributed by atoms with Crippen molar-refractivity contribution >= 4 is 11.8 Å². The quantitative estimate of drug-likeness (QED) is 0.749. The molecule has 1 N–H and O–H groups in total. The molecule has 2 atom stereocenters. The van der Waals surface area contributed by atoms with Crippen LogP contribution in [0.1, 0.15) is 35.8 Å². The molecule has 8 nitrogen and oxygen atoms in total. The van der Waals surface area contributed by atoms with Crippen molar-refractivity contribution in [1.29, 1.82) is 0 Å². The maximum Gasteiger partial charge on any atom is 0.251 e. The number of hydrogen-bond acceptors (Lipinski definition) is 5. The Bertz CT molecular complexity index is 920. The predicted molar refractivity (Wildman–Crippen MR) is 110 cm³/mol. The van der Waals surface area contributed by atoms with E-state index in [2.05, 4.69) is 10.3 Å². The Morgan fingerprint density at radius 1 is 1.27 bits per heavy atom. The van der Waals surface area contributed by atoms with Crippen LogP contribution in [0.3, 0.4) is 0 Å². The number of imidazole rings is 1. The van der Waals surface area contributed by atoms with E-state index >= 15 is 0 Å². The standard InChI is InChI=1S/C22H28N4O4/c1-14-15(2)25(13-24-14)11-10-23-22(28)21-20(16-4-8-18(29-3)9-5-16)26(17-6-7-17)19(27)12-30-21/h4-5,8-9,13,17,20-21H,6-7,10-12H2,1-3H3,(H,23,28)/t20-,21+/m1/s1. The number of methoxy groups -OCH3 is 1. The second kappa shape index (κ2) is 8.47. The minimum absolute atomic E-state index is 0.0631. The molecule has 0 spiro atoms. The topological polar surface area (TPSA) is 85.7 Å². The van der Waals surface area contributed by atoms with Crippen LogP contribution in [-0.4, -0.2) is 58.7 Å². The van der Waals surface area contributed by atoms with Crippen molar-refractivity contribution in [2.24, 2.45) is 0 Å². The molecule has 2 fully saturated rings. The number of rotatable bonds is 7. The van der Waals surface area contributed by atoms with Crippen molar-refractivity contribution in [1.82, 2.24) is 19.8 Å². The zero-order valence-electron chi connectivity index (χ0n) is 17.6. The van der Waals surface area contributed by atoms with Crippen molar-refractivity contribution in [3.63, 3.8) is 0 Å². The van der Waals surface area contributed by atoms with E-state index in [-0.39, 0.29) is 24.5 Å². The lowest BCUT2D eigenvalue weighted by molar-refractivity contribution is -0.165. The molecule has 1 aliphatic carbocycles. The molecule has 4 rings (SSSR count). The van der Waals surface area contributed by atoms with E-state index in [4.69, 9.17) is 9.47 Å². The largest absolute Gasteiger partial charge is 0.497 e. The van der Waals surface area contributed by atoms with E-state index < -0.39 is 12.1 Å². The first-order valence-electron chi connectivity index (χ1n) is 10.3. The summed E-state index contributed by atoms with van der Waals surface area (Å²) < 4.78 is 13.0. The van der Waals surface area contributed by atoms with Crippen LogP contribution in [0.5, 0.6) is 5.75 Å². The van der Waals surface area contributed by atoms with Gasteiger partial charge in [-0.2, -0.15) is 0 Å². The number of carbonyl (C=O) groups excluding carboxylic acids is 2. The van der Waals surface area contributed by atoms with Crippen LogP contribution in [-0.2, 0) is 20.9 Å². The van der Waals surface area contributed by atoms with Gasteiger partial charge in [0.2, 0.25) is 5.91 Å². The maximum atomic E-state index is 13.1. The molecule has 2 aliphatic rings. The van der Waals surface area contributed by atoms with Gasteiger partial charge in [-0.25, -0.2) is 4.98 Å². The average molecular weight is 412 g/mol. The van der Waals surface area contributed by atoms with Gasteiger partial charge in [-0.1, -0.05) is 12.1 Å². The van der Waals surface area contributed by atoms with Gasteiger partial charge < -0.3 is 24.3 Å². The number of amides is 2. The number of aromatic nitrogens is 2. The van der Waals surface area contributed by atoms with Crippen LogP contribution in [0.15, 0.2) is 30.6 Å². The third kappa shape index (κ3) is 4.05. The van der Waals surface area contributed by atoms with Crippen molar-refractivity contribution in [3.8, 4) is 5.75 Å². The van der Waals surface area contributed by atoms with Gasteiger partial charge in [-0.3, -0.25) is 9.59 Å². The van der Waals surface area contributed by atoms with Gasteiger partial charge in [-0.15, -0.1) is 0 Å². The summed E-state index contributed by atoms with van der Waals surface area (Å²) >= 11 is 0. The molecule has 1 saturated heterocycles. The molecule has 1 aliphatic heterocycles. The molecular weight excluding hydrogens is 384 g/mol. The Morgan fingerprint density at radius 3 is 2.60 bits per heavy atom. The summed E-state index contributed by atoms with van der Waals surface area (Å²) in [5.41, 5.74) is 2.94. The number of aryl methyl sites for hydroxylation is 1. The van der Waals surface area contributed by atoms with E-state index in [9.17, 15) is 9.59 Å². The van der Waals surface area contributed by atoms with Crippen molar-refractivity contribution in [2.45, 2.75) is 51.4 Å². The van der Waals surface area contributed by atoms with Crippen LogP contribution in [0, 0.1) is 13.8 Å². The van der Waals surface area contributed by atoms with E-state index in [1.54, 1.807) is 13.4 Å². The van der Waals surface area contributed by atoms with Crippen LogP contribution in [0.4, 0.5) is 0 Å². The van der Waals surface area contributed by atoms with E-state index in [0.717, 1.165) is 35.5 Å². The molecule has 8 heteroatoms. The summed E-state index contributed by atoms with van der Waals surface area (Å²) in [4.78, 5) is 31.8. The van der Waals surface area contributed by atoms with Crippen LogP contribution in [0.25, 0.3) is 0 Å². The summed E-state index contributed by atoms with van der Waals surface area (Å²) in [6.45, 7) is 4.99. The second-order valence-electron chi connectivity index (χ2n) is 7.88. The highest BCUT2D eigenvalue weighted by atomic mass is 16.5. The van der Waals surface area contributed by atoms with E-state index in [1.165, 1.54) is 0 Å². The molecule has 2 amide bonds. The molecule has 1 aromatic heterocycles. The highest BCUT2D eigenvalue weighted by molar-refractivity contribution is 5.86. The number of nitrogens with one attached hydrogen (secondary N) is 1. The highest BCUT2D eigenvalue weighted by Crippen LogP contribution is 2.39. The fourth-order valence-corrected chi connectivity index (χ4v) is 3.94. The van der Waals surface area contributed by atoms with E-state index in [0.29, 0.717) is 13.1 Å². The first-order valence-corrected chi connectivity index (χ1v) is 10.3. The summed E-state index contributed by atoms with van der Waals surface area (Å²) in [6, 6.07) is 7.23. The van der Waals surface area contributed by atoms with Gasteiger partial charge in [0.25, 0.3) is 5.91 Å². The molecule has 2 heterocycles. The van der Waals surface area contributed by atoms with Crippen molar-refractivity contribution in [2.75, 3.05) is 20.3 Å². The van der Waals surface area contributed by atoms with Gasteiger partial charge >= 0.3 is 0 Å². The number of morpholine rings is 1. The van der Waals surface area contributed by atoms with Gasteiger partial charge in [0.15, 0.2) is 6.10 Å². The third-order valence-electron chi connectivity index (χ3n) is 5.91. The first kappa shape index (κ1) is 20.4. The molecule has 30 heavy (non-hydrogen) atoms. The summed E-state index contributed by atoms with van der Waals surface area (Å²) in [6.07, 6.45) is 2.96. The number of carbonyl (C=O) groups is 2. The summed E-state index contributed by atoms with van der Waals surface area (Å²) in [5, 5.41) is 2.98. The lowest BCUT2D eigenvalue weighted by Crippen LogP contribution is -2.55. The molecule has 1 saturated carbocycles. The maximum absolute atomic E-state index is 13.1. The van der Waals surface area contributed by atoms with Gasteiger partial charge in [0.1, 0.15) is 12.4 Å². The first-order chi connectivity index (χ1) is 14.5. The Hall–Kier alpha value is -2.87. The predicted octanol–water partition coefficient (Wildman–Crippen LogP) is 1.76. The summed E-state index contributed by atoms with van der Waals surface area (Å²) in [5.74, 6) is 0.460. The van der Waals surface area contributed by atoms with Gasteiger partial charge in [0.05, 0.1) is 25.2 Å². The molecule has 160 valence electrons. The number of benzene rings is 1. The fraction of sp³-hybridized carbons (Fsp3) is 0.500. The van der Waals surface area contributed by atoms with Crippen LogP contribution >= 0.6 is 0 Å². The minimum Gasteiger partial charge on any atom is -0.497 e. The zero-order chi connectivity index (χ0) is 21.3. The van der Waals surface area contributed by atoms with Gasteiger partial charge in [-0.05, 0) is 44.4 Å². The molecule has 2 aromatic rings. The number of nitrogens with zero attached hydrogens (tertiary/aromatic N) is 3. The Balaban J connectivity index is 1.50. The summed E-state index contributed by atoms with van der Waals surface area (Å²) in [7, 11) is 1.61. The van der Waals surface area contributed by atoms with Crippen molar-refractivity contribution in [3.05, 3.63) is 47.5 Å². The second-order valence-corrected chi connectivity index (χ2v) is 7.88. The van der Waals surface area contributed by atoms with Gasteiger partial charge in [0, 0.05) is 24.8 Å². The number of hydrogen-bond donors (Lipinski definition) is 1. The van der Waals surface area contributed by atoms with Crippen LogP contribution in [0.2, 0.25) is 0 Å². The lowest BCUT2D eigenvalue weighted by atomic mass is 9.96. The third-order valence-corrected chi connectivity index (χ3v) is 5.91. The van der Waals surface area contributed by atoms with E-state index in [1.807, 2.05) is 47.6 Å². The molecule has 1 aromatic carbocycles. The Labute approximate surface area is 176 Å². The lowest BCUT2D eigenvalue weighted by Gasteiger charge is -2.40. The molecule has 0 bridgehead atoms. The minimum atomic E-state index is -0.748. The molecular formula is C22H28N4O4. The van der Waals surface area contributed by atoms with Crippen molar-refractivity contribution < 1.29 is 19.1 Å². The fourth-order valence-electron chi connectivity index (χ4n) is 3.94. The Kier molecular flexibility index (Phi) is 5.76. The highest BCUT2D eigenvalue weighted by Gasteiger charge is 2.47. The normalized spacial score (nSPS) is 21.6. The van der Waals surface area contributed by atoms with Crippen LogP contribution < -0.4 is 10.1 Å². The average Bonchev–Trinajstić information content (AvgIpc) is 3.55. The SMILES string of the molecule is COc1ccc([C@@H]2[C@@H](C(=O)NCCn3cnc(C)c3C)OCC(=O)N2C2CC2)cc1. The zero-order valence-corrected chi connectivity index (χ0v) is 17.6. The number of ether oxygens (including phenoxy) is 2.